The fourth-order valence-electron chi connectivity index (χ4n) is 4.93. The Kier molecular flexibility index (Phi) is 7.52. The van der Waals surface area contributed by atoms with Crippen LogP contribution in [0.15, 0.2) is 59.8 Å². The quantitative estimate of drug-likeness (QED) is 0.270. The number of hydrogen-bond donors (Lipinski definition) is 3. The minimum Gasteiger partial charge on any atom is -0.351 e. The summed E-state index contributed by atoms with van der Waals surface area (Å²) in [6.45, 7) is 4.04. The Morgan fingerprint density at radius 1 is 1.05 bits per heavy atom. The molecule has 4 N–H and O–H groups in total. The van der Waals surface area contributed by atoms with Gasteiger partial charge >= 0.3 is 0 Å². The van der Waals surface area contributed by atoms with Crippen LogP contribution in [0.5, 0.6) is 0 Å². The second-order valence-electron chi connectivity index (χ2n) is 9.80. The van der Waals surface area contributed by atoms with Crippen molar-refractivity contribution in [2.24, 2.45) is 5.73 Å². The molecule has 0 amide bonds. The highest BCUT2D eigenvalue weighted by Gasteiger charge is 2.20. The van der Waals surface area contributed by atoms with E-state index in [2.05, 4.69) is 39.1 Å². The summed E-state index contributed by atoms with van der Waals surface area (Å²) >= 11 is 6.09. The van der Waals surface area contributed by atoms with Crippen LogP contribution in [-0.4, -0.2) is 35.5 Å². The molecule has 1 fully saturated rings. The van der Waals surface area contributed by atoms with Gasteiger partial charge in [-0.3, -0.25) is 4.72 Å². The Bertz CT molecular complexity index is 1590. The van der Waals surface area contributed by atoms with Crippen LogP contribution in [0.2, 0.25) is 5.02 Å². The summed E-state index contributed by atoms with van der Waals surface area (Å²) in [5.41, 5.74) is 10.8. The fraction of sp³-hybridized carbons (Fsp3) is 0.321. The number of benzene rings is 2. The van der Waals surface area contributed by atoms with Gasteiger partial charge in [-0.05, 0) is 86.1 Å². The first kappa shape index (κ1) is 26.3. The zero-order valence-corrected chi connectivity index (χ0v) is 23.0. The Labute approximate surface area is 228 Å². The van der Waals surface area contributed by atoms with Crippen molar-refractivity contribution in [2.45, 2.75) is 62.9 Å². The molecular formula is C28H31ClN6O2S. The third kappa shape index (κ3) is 5.60. The van der Waals surface area contributed by atoms with Gasteiger partial charge in [0, 0.05) is 35.4 Å². The number of nitrogens with two attached hydrogens (primary N) is 1. The molecule has 1 aliphatic rings. The van der Waals surface area contributed by atoms with E-state index in [-0.39, 0.29) is 15.7 Å². The zero-order valence-electron chi connectivity index (χ0n) is 21.4. The van der Waals surface area contributed by atoms with E-state index in [1.165, 1.54) is 12.1 Å². The average molecular weight is 551 g/mol. The van der Waals surface area contributed by atoms with E-state index in [1.54, 1.807) is 24.4 Å². The van der Waals surface area contributed by atoms with Gasteiger partial charge in [0.1, 0.15) is 10.7 Å². The number of rotatable bonds is 7. The highest BCUT2D eigenvalue weighted by Crippen LogP contribution is 2.31. The molecule has 0 radical (unpaired) electrons. The largest absolute Gasteiger partial charge is 0.351 e. The highest BCUT2D eigenvalue weighted by molar-refractivity contribution is 7.92. The molecule has 10 heteroatoms. The van der Waals surface area contributed by atoms with E-state index in [1.807, 2.05) is 13.1 Å². The summed E-state index contributed by atoms with van der Waals surface area (Å²) in [5.74, 6) is 0.874. The van der Waals surface area contributed by atoms with Gasteiger partial charge in [0.05, 0.1) is 10.5 Å². The van der Waals surface area contributed by atoms with Crippen molar-refractivity contribution in [3.8, 4) is 11.1 Å². The van der Waals surface area contributed by atoms with Gasteiger partial charge in [-0.15, -0.1) is 0 Å². The summed E-state index contributed by atoms with van der Waals surface area (Å²) in [6.07, 6.45) is 8.44. The first-order valence-electron chi connectivity index (χ1n) is 12.8. The lowest BCUT2D eigenvalue weighted by Crippen LogP contribution is -2.33. The number of nitrogens with one attached hydrogen (secondary N) is 2. The molecule has 0 saturated heterocycles. The minimum atomic E-state index is -3.87. The van der Waals surface area contributed by atoms with Crippen molar-refractivity contribution < 1.29 is 8.42 Å². The van der Waals surface area contributed by atoms with Crippen LogP contribution in [0.1, 0.15) is 43.7 Å². The van der Waals surface area contributed by atoms with Crippen LogP contribution in [-0.2, 0) is 16.4 Å². The first-order chi connectivity index (χ1) is 18.2. The number of halogens is 1. The smallest absolute Gasteiger partial charge is 0.264 e. The minimum absolute atomic E-state index is 0.00762. The molecule has 0 spiro atoms. The van der Waals surface area contributed by atoms with Crippen molar-refractivity contribution in [3.63, 3.8) is 0 Å². The normalized spacial score (nSPS) is 17.9. The van der Waals surface area contributed by atoms with Gasteiger partial charge in [0.2, 0.25) is 5.95 Å². The van der Waals surface area contributed by atoms with Crippen LogP contribution in [0.3, 0.4) is 0 Å². The first-order valence-corrected chi connectivity index (χ1v) is 14.7. The summed E-state index contributed by atoms with van der Waals surface area (Å²) in [5, 5.41) is 4.58. The third-order valence-corrected chi connectivity index (χ3v) is 8.89. The second kappa shape index (κ2) is 10.8. The van der Waals surface area contributed by atoms with Crippen molar-refractivity contribution >= 4 is 44.3 Å². The molecule has 0 atom stereocenters. The molecule has 1 saturated carbocycles. The van der Waals surface area contributed by atoms with Gasteiger partial charge in [-0.1, -0.05) is 30.7 Å². The van der Waals surface area contributed by atoms with Crippen LogP contribution in [0, 0.1) is 6.92 Å². The maximum atomic E-state index is 12.8. The van der Waals surface area contributed by atoms with Gasteiger partial charge < -0.3 is 11.1 Å². The maximum Gasteiger partial charge on any atom is 0.264 e. The number of sulfonamides is 1. The Morgan fingerprint density at radius 2 is 1.82 bits per heavy atom. The lowest BCUT2D eigenvalue weighted by Gasteiger charge is -2.26. The molecule has 198 valence electrons. The summed E-state index contributed by atoms with van der Waals surface area (Å²) < 4.78 is 28.2. The number of aromatic nitrogens is 3. The van der Waals surface area contributed by atoms with Gasteiger partial charge in [0.25, 0.3) is 10.0 Å². The van der Waals surface area contributed by atoms with E-state index < -0.39 is 10.0 Å². The molecular weight excluding hydrogens is 520 g/mol. The molecule has 38 heavy (non-hydrogen) atoms. The second-order valence-corrected chi connectivity index (χ2v) is 11.9. The van der Waals surface area contributed by atoms with Crippen molar-refractivity contribution in [2.75, 3.05) is 10.0 Å². The molecule has 0 aliphatic heterocycles. The van der Waals surface area contributed by atoms with Gasteiger partial charge in [-0.2, -0.15) is 0 Å². The SMILES string of the molecule is CCc1cc(-c2cnc(NS(=O)(=O)c3ccccc3Cl)cc2C)cc2cnc(N[C@H]3CC[C@H](N)CC3)nc12. The Morgan fingerprint density at radius 3 is 2.53 bits per heavy atom. The van der Waals surface area contributed by atoms with Crippen LogP contribution < -0.4 is 15.8 Å². The van der Waals surface area contributed by atoms with E-state index in [0.29, 0.717) is 18.0 Å². The molecule has 0 bridgehead atoms. The number of anilines is 2. The topological polar surface area (TPSA) is 123 Å². The summed E-state index contributed by atoms with van der Waals surface area (Å²) in [7, 11) is -3.87. The number of aryl methyl sites for hydroxylation is 2. The standard InChI is InChI=1S/C28H31ClN6O2S/c1-3-18-13-19(14-20-15-32-28(34-27(18)20)33-22-10-8-21(30)9-11-22)23-16-31-26(12-17(23)2)35-38(36,37)25-7-5-4-6-24(25)29/h4-7,12-16,21-22H,3,8-11,30H2,1-2H3,(H,31,35)(H,32,33,34)/t21-,22-. The molecule has 0 unspecified atom stereocenters. The van der Waals surface area contributed by atoms with E-state index >= 15 is 0 Å². The number of nitrogens with zero attached hydrogens (tertiary/aromatic N) is 3. The maximum absolute atomic E-state index is 12.8. The van der Waals surface area contributed by atoms with Crippen molar-refractivity contribution in [1.29, 1.82) is 0 Å². The lowest BCUT2D eigenvalue weighted by atomic mass is 9.92. The molecule has 2 heterocycles. The predicted molar refractivity (Wildman–Crippen MR) is 153 cm³/mol. The Balaban J connectivity index is 1.41. The van der Waals surface area contributed by atoms with E-state index in [9.17, 15) is 8.42 Å². The Hall–Kier alpha value is -3.27. The molecule has 8 nitrogen and oxygen atoms in total. The fourth-order valence-corrected chi connectivity index (χ4v) is 6.45. The third-order valence-electron chi connectivity index (χ3n) is 7.03. The number of fused-ring (bicyclic) bond motifs is 1. The average Bonchev–Trinajstić information content (AvgIpc) is 2.89. The van der Waals surface area contributed by atoms with Crippen LogP contribution in [0.4, 0.5) is 11.8 Å². The monoisotopic (exact) mass is 550 g/mol. The van der Waals surface area contributed by atoms with Crippen LogP contribution in [0.25, 0.3) is 22.0 Å². The number of pyridine rings is 1. The van der Waals surface area contributed by atoms with Crippen LogP contribution >= 0.6 is 11.6 Å². The van der Waals surface area contributed by atoms with E-state index in [0.717, 1.165) is 65.3 Å². The van der Waals surface area contributed by atoms with Crippen molar-refractivity contribution in [1.82, 2.24) is 15.0 Å². The van der Waals surface area contributed by atoms with Crippen molar-refractivity contribution in [3.05, 3.63) is 71.0 Å². The molecule has 5 rings (SSSR count). The lowest BCUT2D eigenvalue weighted by molar-refractivity contribution is 0.410. The zero-order chi connectivity index (χ0) is 26.9. The highest BCUT2D eigenvalue weighted by atomic mass is 35.5. The van der Waals surface area contributed by atoms with Gasteiger partial charge in [-0.25, -0.2) is 23.4 Å². The van der Waals surface area contributed by atoms with E-state index in [4.69, 9.17) is 22.3 Å². The molecule has 2 aromatic carbocycles. The predicted octanol–water partition coefficient (Wildman–Crippen LogP) is 5.70. The van der Waals surface area contributed by atoms with Gasteiger partial charge in [0.15, 0.2) is 0 Å². The number of hydrogen-bond acceptors (Lipinski definition) is 7. The molecule has 1 aliphatic carbocycles. The summed E-state index contributed by atoms with van der Waals surface area (Å²) in [6, 6.07) is 12.8. The molecule has 2 aromatic heterocycles. The summed E-state index contributed by atoms with van der Waals surface area (Å²) in [4.78, 5) is 13.8. The molecule has 4 aromatic rings.